The van der Waals surface area contributed by atoms with Gasteiger partial charge in [0.25, 0.3) is 0 Å². The Hall–Kier alpha value is -2.80. The van der Waals surface area contributed by atoms with Gasteiger partial charge in [-0.05, 0) is 55.7 Å². The average molecular weight is 417 g/mol. The molecular formula is C22H28N2O4S. The Morgan fingerprint density at radius 1 is 1.21 bits per heavy atom. The van der Waals surface area contributed by atoms with Crippen LogP contribution in [0.25, 0.3) is 0 Å². The average Bonchev–Trinajstić information content (AvgIpc) is 2.62. The minimum absolute atomic E-state index is 0.318. The number of hydrogen-bond donors (Lipinski definition) is 1. The first kappa shape index (κ1) is 22.5. The van der Waals surface area contributed by atoms with Crippen molar-refractivity contribution in [2.24, 2.45) is 0 Å². The number of sulfonamides is 1. The zero-order valence-corrected chi connectivity index (χ0v) is 18.1. The van der Waals surface area contributed by atoms with Gasteiger partial charge in [0.05, 0.1) is 11.9 Å². The van der Waals surface area contributed by atoms with Crippen molar-refractivity contribution in [2.45, 2.75) is 33.2 Å². The topological polar surface area (TPSA) is 75.7 Å². The fraction of sp³-hybridized carbons (Fsp3) is 0.318. The normalized spacial score (nSPS) is 12.1. The second-order valence-corrected chi connectivity index (χ2v) is 8.80. The van der Waals surface area contributed by atoms with E-state index in [2.05, 4.69) is 11.9 Å². The van der Waals surface area contributed by atoms with Crippen molar-refractivity contribution in [1.29, 1.82) is 0 Å². The van der Waals surface area contributed by atoms with E-state index < -0.39 is 22.0 Å². The molecule has 29 heavy (non-hydrogen) atoms. The van der Waals surface area contributed by atoms with E-state index in [-0.39, 0.29) is 0 Å². The molecule has 0 fully saturated rings. The van der Waals surface area contributed by atoms with Crippen LogP contribution in [0, 0.1) is 13.8 Å². The third kappa shape index (κ3) is 6.09. The quantitative estimate of drug-likeness (QED) is 0.626. The molecule has 0 radical (unpaired) electrons. The van der Waals surface area contributed by atoms with Crippen LogP contribution in [0.5, 0.6) is 5.75 Å². The minimum Gasteiger partial charge on any atom is -0.489 e. The fourth-order valence-electron chi connectivity index (χ4n) is 3.18. The number of amides is 1. The van der Waals surface area contributed by atoms with Gasteiger partial charge in [-0.1, -0.05) is 31.7 Å². The zero-order valence-electron chi connectivity index (χ0n) is 17.3. The summed E-state index contributed by atoms with van der Waals surface area (Å²) in [6, 6.07) is 11.6. The molecule has 156 valence electrons. The van der Waals surface area contributed by atoms with Crippen molar-refractivity contribution < 1.29 is 17.9 Å². The van der Waals surface area contributed by atoms with Crippen LogP contribution in [0.3, 0.4) is 0 Å². The summed E-state index contributed by atoms with van der Waals surface area (Å²) in [4.78, 5) is 13.0. The van der Waals surface area contributed by atoms with Gasteiger partial charge in [-0.2, -0.15) is 0 Å². The van der Waals surface area contributed by atoms with Gasteiger partial charge in [-0.15, -0.1) is 0 Å². The highest BCUT2D eigenvalue weighted by molar-refractivity contribution is 7.92. The van der Waals surface area contributed by atoms with E-state index in [4.69, 9.17) is 4.74 Å². The number of carbonyl (C=O) groups is 1. The van der Waals surface area contributed by atoms with Crippen LogP contribution < -0.4 is 14.4 Å². The highest BCUT2D eigenvalue weighted by atomic mass is 32.2. The maximum Gasteiger partial charge on any atom is 0.248 e. The van der Waals surface area contributed by atoms with Gasteiger partial charge < -0.3 is 10.1 Å². The third-order valence-electron chi connectivity index (χ3n) is 4.26. The molecule has 1 N–H and O–H groups in total. The maximum atomic E-state index is 13.0. The van der Waals surface area contributed by atoms with E-state index in [9.17, 15) is 13.2 Å². The van der Waals surface area contributed by atoms with Gasteiger partial charge in [-0.3, -0.25) is 9.10 Å². The lowest BCUT2D eigenvalue weighted by molar-refractivity contribution is -0.117. The van der Waals surface area contributed by atoms with E-state index >= 15 is 0 Å². The lowest BCUT2D eigenvalue weighted by atomic mass is 10.1. The molecule has 1 amide bonds. The number of hydrogen-bond acceptors (Lipinski definition) is 4. The Kier molecular flexibility index (Phi) is 7.45. The predicted molar refractivity (Wildman–Crippen MR) is 118 cm³/mol. The number of rotatable bonds is 9. The van der Waals surface area contributed by atoms with E-state index in [0.717, 1.165) is 17.4 Å². The van der Waals surface area contributed by atoms with Crippen molar-refractivity contribution in [3.05, 3.63) is 66.2 Å². The lowest BCUT2D eigenvalue weighted by Gasteiger charge is -2.30. The molecule has 0 bridgehead atoms. The molecule has 0 aliphatic carbocycles. The van der Waals surface area contributed by atoms with Crippen LogP contribution in [0.4, 0.5) is 11.4 Å². The molecule has 2 aromatic carbocycles. The number of ether oxygens (including phenoxy) is 1. The summed E-state index contributed by atoms with van der Waals surface area (Å²) >= 11 is 0. The standard InChI is InChI=1S/C22H28N2O4S/c1-6-11-28-20-10-8-9-18(15-20)23-22(25)21(7-2)24(29(5,26)27)19-13-16(3)12-17(4)14-19/h6,8-10,12-15,21H,1,7,11H2,2-5H3,(H,23,25)/t21-/m1/s1. The molecule has 7 heteroatoms. The summed E-state index contributed by atoms with van der Waals surface area (Å²) in [7, 11) is -3.68. The Labute approximate surface area is 173 Å². The number of nitrogens with one attached hydrogen (secondary N) is 1. The monoisotopic (exact) mass is 416 g/mol. The maximum absolute atomic E-state index is 13.0. The third-order valence-corrected chi connectivity index (χ3v) is 5.44. The molecule has 0 unspecified atom stereocenters. The van der Waals surface area contributed by atoms with Crippen molar-refractivity contribution in [2.75, 3.05) is 22.5 Å². The highest BCUT2D eigenvalue weighted by Gasteiger charge is 2.31. The van der Waals surface area contributed by atoms with Crippen LogP contribution in [-0.4, -0.2) is 33.2 Å². The van der Waals surface area contributed by atoms with E-state index in [1.54, 1.807) is 49.4 Å². The van der Waals surface area contributed by atoms with Crippen molar-refractivity contribution >= 4 is 27.3 Å². The molecule has 2 rings (SSSR count). The van der Waals surface area contributed by atoms with Crippen molar-refractivity contribution in [3.63, 3.8) is 0 Å². The number of anilines is 2. The fourth-order valence-corrected chi connectivity index (χ4v) is 4.38. The van der Waals surface area contributed by atoms with Crippen LogP contribution in [0.1, 0.15) is 24.5 Å². The van der Waals surface area contributed by atoms with Crippen LogP contribution in [-0.2, 0) is 14.8 Å². The molecule has 0 saturated carbocycles. The number of carbonyl (C=O) groups excluding carboxylic acids is 1. The first-order chi connectivity index (χ1) is 13.7. The van der Waals surface area contributed by atoms with Crippen LogP contribution >= 0.6 is 0 Å². The van der Waals surface area contributed by atoms with Crippen molar-refractivity contribution in [3.8, 4) is 5.75 Å². The molecule has 0 aliphatic rings. The molecular weight excluding hydrogens is 388 g/mol. The van der Waals surface area contributed by atoms with Gasteiger partial charge >= 0.3 is 0 Å². The molecule has 0 aliphatic heterocycles. The van der Waals surface area contributed by atoms with Gasteiger partial charge in [0.2, 0.25) is 15.9 Å². The second-order valence-electron chi connectivity index (χ2n) is 6.95. The van der Waals surface area contributed by atoms with Crippen LogP contribution in [0.15, 0.2) is 55.1 Å². The SMILES string of the molecule is C=CCOc1cccc(NC(=O)[C@@H](CC)N(c2cc(C)cc(C)c2)S(C)(=O)=O)c1. The largest absolute Gasteiger partial charge is 0.489 e. The summed E-state index contributed by atoms with van der Waals surface area (Å²) in [5.74, 6) is 0.183. The molecule has 0 saturated heterocycles. The summed E-state index contributed by atoms with van der Waals surface area (Å²) in [5, 5.41) is 2.81. The van der Waals surface area contributed by atoms with Gasteiger partial charge in [0.1, 0.15) is 18.4 Å². The Bertz CT molecular complexity index is 966. The number of benzene rings is 2. The lowest BCUT2D eigenvalue weighted by Crippen LogP contribution is -2.47. The molecule has 6 nitrogen and oxygen atoms in total. The Morgan fingerprint density at radius 3 is 2.41 bits per heavy atom. The van der Waals surface area contributed by atoms with Crippen LogP contribution in [0.2, 0.25) is 0 Å². The molecule has 0 spiro atoms. The molecule has 1 atom stereocenters. The highest BCUT2D eigenvalue weighted by Crippen LogP contribution is 2.26. The smallest absolute Gasteiger partial charge is 0.248 e. The summed E-state index contributed by atoms with van der Waals surface area (Å²) in [6.07, 6.45) is 3.06. The second kappa shape index (κ2) is 9.60. The Balaban J connectivity index is 2.35. The summed E-state index contributed by atoms with van der Waals surface area (Å²) in [5.41, 5.74) is 2.87. The van der Waals surface area contributed by atoms with Gasteiger partial charge in [0, 0.05) is 11.8 Å². The van der Waals surface area contributed by atoms with Gasteiger partial charge in [-0.25, -0.2) is 8.42 Å². The number of aryl methyl sites for hydroxylation is 2. The molecule has 2 aromatic rings. The van der Waals surface area contributed by atoms with Gasteiger partial charge in [0.15, 0.2) is 0 Å². The van der Waals surface area contributed by atoms with E-state index in [0.29, 0.717) is 30.2 Å². The van der Waals surface area contributed by atoms with E-state index in [1.807, 2.05) is 19.9 Å². The minimum atomic E-state index is -3.68. The Morgan fingerprint density at radius 2 is 1.86 bits per heavy atom. The summed E-state index contributed by atoms with van der Waals surface area (Å²) in [6.45, 7) is 9.54. The summed E-state index contributed by atoms with van der Waals surface area (Å²) < 4.78 is 31.9. The zero-order chi connectivity index (χ0) is 21.6. The predicted octanol–water partition coefficient (Wildman–Crippen LogP) is 4.05. The van der Waals surface area contributed by atoms with Crippen molar-refractivity contribution in [1.82, 2.24) is 0 Å². The number of nitrogens with zero attached hydrogens (tertiary/aromatic N) is 1. The molecule has 0 aromatic heterocycles. The first-order valence-corrected chi connectivity index (χ1v) is 11.2. The first-order valence-electron chi connectivity index (χ1n) is 9.38. The molecule has 0 heterocycles. The van der Waals surface area contributed by atoms with E-state index in [1.165, 1.54) is 4.31 Å².